The minimum Gasteiger partial charge on any atom is -0.368 e. The van der Waals surface area contributed by atoms with E-state index >= 15 is 0 Å². The third-order valence-electron chi connectivity index (χ3n) is 3.78. The van der Waals surface area contributed by atoms with Gasteiger partial charge in [-0.2, -0.15) is 4.98 Å². The highest BCUT2D eigenvalue weighted by atomic mass is 32.1. The second-order valence-electron chi connectivity index (χ2n) is 5.65. The molecule has 0 aliphatic carbocycles. The van der Waals surface area contributed by atoms with Crippen LogP contribution in [0.25, 0.3) is 11.5 Å². The molecule has 3 aromatic heterocycles. The van der Waals surface area contributed by atoms with Crippen LogP contribution in [0.15, 0.2) is 34.3 Å². The maximum Gasteiger partial charge on any atom is 0.241 e. The van der Waals surface area contributed by atoms with Gasteiger partial charge in [-0.25, -0.2) is 4.98 Å². The number of aromatic nitrogens is 4. The topological polar surface area (TPSA) is 77.2 Å². The lowest BCUT2D eigenvalue weighted by molar-refractivity contribution is -0.0357. The number of hydrogen-bond donors (Lipinski definition) is 0. The van der Waals surface area contributed by atoms with E-state index in [1.165, 1.54) is 0 Å². The molecule has 0 radical (unpaired) electrons. The fourth-order valence-electron chi connectivity index (χ4n) is 2.63. The molecule has 0 aromatic carbocycles. The minimum absolute atomic E-state index is 0.00984. The first kappa shape index (κ1) is 15.4. The molecule has 1 fully saturated rings. The monoisotopic (exact) mass is 343 g/mol. The molecule has 4 rings (SSSR count). The zero-order valence-corrected chi connectivity index (χ0v) is 14.1. The van der Waals surface area contributed by atoms with Gasteiger partial charge in [-0.15, -0.1) is 11.3 Å². The van der Waals surface area contributed by atoms with Crippen molar-refractivity contribution >= 4 is 11.3 Å². The van der Waals surface area contributed by atoms with Crippen molar-refractivity contribution in [1.82, 2.24) is 25.0 Å². The molecule has 0 N–H and O–H groups in total. The third-order valence-corrected chi connectivity index (χ3v) is 4.84. The fraction of sp³-hybridized carbons (Fsp3) is 0.375. The van der Waals surface area contributed by atoms with Crippen LogP contribution in [0.2, 0.25) is 0 Å². The van der Waals surface area contributed by atoms with Crippen LogP contribution in [0.3, 0.4) is 0 Å². The number of rotatable bonds is 4. The van der Waals surface area contributed by atoms with Gasteiger partial charge in [-0.1, -0.05) is 11.2 Å². The number of thiazole rings is 1. The number of morpholine rings is 1. The van der Waals surface area contributed by atoms with Crippen molar-refractivity contribution in [2.24, 2.45) is 0 Å². The van der Waals surface area contributed by atoms with E-state index < -0.39 is 0 Å². The summed E-state index contributed by atoms with van der Waals surface area (Å²) in [6, 6.07) is 5.63. The normalized spacial score (nSPS) is 18.8. The van der Waals surface area contributed by atoms with Gasteiger partial charge in [0.25, 0.3) is 0 Å². The van der Waals surface area contributed by atoms with Crippen molar-refractivity contribution in [3.63, 3.8) is 0 Å². The molecule has 3 aromatic rings. The summed E-state index contributed by atoms with van der Waals surface area (Å²) in [5.74, 6) is 1.11. The van der Waals surface area contributed by atoms with Gasteiger partial charge in [-0.3, -0.25) is 9.88 Å². The summed E-state index contributed by atoms with van der Waals surface area (Å²) < 4.78 is 11.2. The number of hydrogen-bond acceptors (Lipinski definition) is 8. The Morgan fingerprint density at radius 3 is 3.08 bits per heavy atom. The van der Waals surface area contributed by atoms with E-state index in [1.807, 2.05) is 25.1 Å². The molecule has 0 unspecified atom stereocenters. The molecule has 0 spiro atoms. The van der Waals surface area contributed by atoms with Crippen LogP contribution in [0.1, 0.15) is 22.7 Å². The van der Waals surface area contributed by atoms with E-state index in [0.717, 1.165) is 23.8 Å². The van der Waals surface area contributed by atoms with Gasteiger partial charge in [0.15, 0.2) is 0 Å². The lowest BCUT2D eigenvalue weighted by Crippen LogP contribution is -2.37. The quantitative estimate of drug-likeness (QED) is 0.720. The molecule has 0 saturated carbocycles. The summed E-state index contributed by atoms with van der Waals surface area (Å²) in [4.78, 5) is 15.5. The van der Waals surface area contributed by atoms with Crippen LogP contribution in [0.4, 0.5) is 0 Å². The van der Waals surface area contributed by atoms with Crippen LogP contribution in [0, 0.1) is 6.92 Å². The average molecular weight is 343 g/mol. The maximum absolute atomic E-state index is 5.85. The second kappa shape index (κ2) is 6.76. The van der Waals surface area contributed by atoms with E-state index in [-0.39, 0.29) is 6.10 Å². The largest absolute Gasteiger partial charge is 0.368 e. The molecule has 1 saturated heterocycles. The standard InChI is InChI=1S/C16H17N5O2S/c1-11-10-24-16(18-11)13-8-21(6-7-22-13)9-14-19-15(20-23-14)12-4-2-3-5-17-12/h2-5,10,13H,6-9H2,1H3/t13-/m0/s1. The SMILES string of the molecule is Cc1csc([C@@H]2CN(Cc3nc(-c4ccccn4)no3)CCO2)n1. The molecule has 7 nitrogen and oxygen atoms in total. The van der Waals surface area contributed by atoms with E-state index in [2.05, 4.69) is 30.4 Å². The Hall–Kier alpha value is -2.16. The molecular formula is C16H17N5O2S. The molecule has 4 heterocycles. The zero-order chi connectivity index (χ0) is 16.4. The number of nitrogens with zero attached hydrogens (tertiary/aromatic N) is 5. The van der Waals surface area contributed by atoms with E-state index in [1.54, 1.807) is 17.5 Å². The Balaban J connectivity index is 1.43. The minimum atomic E-state index is 0.00984. The molecular weight excluding hydrogens is 326 g/mol. The highest BCUT2D eigenvalue weighted by Crippen LogP contribution is 2.26. The van der Waals surface area contributed by atoms with E-state index in [0.29, 0.717) is 30.6 Å². The predicted octanol–water partition coefficient (Wildman–Crippen LogP) is 2.47. The van der Waals surface area contributed by atoms with E-state index in [9.17, 15) is 0 Å². The van der Waals surface area contributed by atoms with Crippen LogP contribution < -0.4 is 0 Å². The molecule has 24 heavy (non-hydrogen) atoms. The van der Waals surface area contributed by atoms with Gasteiger partial charge >= 0.3 is 0 Å². The van der Waals surface area contributed by atoms with Gasteiger partial charge in [0, 0.05) is 30.4 Å². The number of ether oxygens (including phenoxy) is 1. The average Bonchev–Trinajstić information content (AvgIpc) is 3.25. The van der Waals surface area contributed by atoms with Crippen molar-refractivity contribution < 1.29 is 9.26 Å². The van der Waals surface area contributed by atoms with Crippen LogP contribution >= 0.6 is 11.3 Å². The van der Waals surface area contributed by atoms with Gasteiger partial charge in [0.1, 0.15) is 16.8 Å². The summed E-state index contributed by atoms with van der Waals surface area (Å²) in [5, 5.41) is 7.09. The Kier molecular flexibility index (Phi) is 4.33. The van der Waals surface area contributed by atoms with Gasteiger partial charge < -0.3 is 9.26 Å². The third kappa shape index (κ3) is 3.35. The van der Waals surface area contributed by atoms with Crippen molar-refractivity contribution in [3.8, 4) is 11.5 Å². The lowest BCUT2D eigenvalue weighted by Gasteiger charge is -2.30. The molecule has 1 aliphatic heterocycles. The fourth-order valence-corrected chi connectivity index (χ4v) is 3.46. The van der Waals surface area contributed by atoms with Crippen molar-refractivity contribution in [2.45, 2.75) is 19.6 Å². The van der Waals surface area contributed by atoms with Crippen molar-refractivity contribution in [2.75, 3.05) is 19.7 Å². The Morgan fingerprint density at radius 1 is 1.33 bits per heavy atom. The van der Waals surface area contributed by atoms with Crippen LogP contribution in [0.5, 0.6) is 0 Å². The lowest BCUT2D eigenvalue weighted by atomic mass is 10.3. The molecule has 1 atom stereocenters. The highest BCUT2D eigenvalue weighted by molar-refractivity contribution is 7.09. The summed E-state index contributed by atoms with van der Waals surface area (Å²) >= 11 is 1.64. The summed E-state index contributed by atoms with van der Waals surface area (Å²) in [5.41, 5.74) is 1.75. The summed E-state index contributed by atoms with van der Waals surface area (Å²) in [6.45, 7) is 4.88. The highest BCUT2D eigenvalue weighted by Gasteiger charge is 2.25. The number of aryl methyl sites for hydroxylation is 1. The second-order valence-corrected chi connectivity index (χ2v) is 6.54. The molecule has 1 aliphatic rings. The summed E-state index contributed by atoms with van der Waals surface area (Å²) in [7, 11) is 0. The van der Waals surface area contributed by atoms with Crippen molar-refractivity contribution in [3.05, 3.63) is 46.4 Å². The first-order valence-electron chi connectivity index (χ1n) is 7.78. The first-order valence-corrected chi connectivity index (χ1v) is 8.66. The van der Waals surface area contributed by atoms with Crippen LogP contribution in [-0.4, -0.2) is 44.7 Å². The van der Waals surface area contributed by atoms with Gasteiger partial charge in [-0.05, 0) is 19.1 Å². The van der Waals surface area contributed by atoms with Crippen LogP contribution in [-0.2, 0) is 11.3 Å². The van der Waals surface area contributed by atoms with Crippen molar-refractivity contribution in [1.29, 1.82) is 0 Å². The molecule has 0 bridgehead atoms. The Labute approximate surface area is 143 Å². The van der Waals surface area contributed by atoms with Gasteiger partial charge in [0.05, 0.1) is 13.2 Å². The maximum atomic E-state index is 5.85. The van der Waals surface area contributed by atoms with Gasteiger partial charge in [0.2, 0.25) is 11.7 Å². The summed E-state index contributed by atoms with van der Waals surface area (Å²) in [6.07, 6.45) is 1.73. The van der Waals surface area contributed by atoms with E-state index in [4.69, 9.17) is 9.26 Å². The predicted molar refractivity (Wildman–Crippen MR) is 88.4 cm³/mol. The number of pyridine rings is 1. The Bertz CT molecular complexity index is 804. The molecule has 0 amide bonds. The Morgan fingerprint density at radius 2 is 2.29 bits per heavy atom. The first-order chi connectivity index (χ1) is 11.8. The zero-order valence-electron chi connectivity index (χ0n) is 13.3. The molecule has 124 valence electrons. The smallest absolute Gasteiger partial charge is 0.241 e. The molecule has 8 heteroatoms.